The molecule has 0 saturated heterocycles. The van der Waals surface area contributed by atoms with Gasteiger partial charge in [0.05, 0.1) is 36.4 Å². The van der Waals surface area contributed by atoms with E-state index in [0.717, 1.165) is 59.2 Å². The van der Waals surface area contributed by atoms with Crippen LogP contribution >= 0.6 is 15.9 Å². The molecule has 2 aliphatic rings. The second-order valence-electron chi connectivity index (χ2n) is 10.3. The lowest BCUT2D eigenvalue weighted by atomic mass is 9.96. The molecule has 0 spiro atoms. The Balaban J connectivity index is 1.70. The van der Waals surface area contributed by atoms with Crippen molar-refractivity contribution in [3.63, 3.8) is 0 Å². The monoisotopic (exact) mass is 573 g/mol. The third-order valence-corrected chi connectivity index (χ3v) is 8.47. The molecule has 2 amide bonds. The Labute approximate surface area is 225 Å². The van der Waals surface area contributed by atoms with Crippen LogP contribution in [0.2, 0.25) is 0 Å². The van der Waals surface area contributed by atoms with Gasteiger partial charge in [-0.05, 0) is 41.5 Å². The summed E-state index contributed by atoms with van der Waals surface area (Å²) in [4.78, 5) is 39.4. The van der Waals surface area contributed by atoms with Crippen LogP contribution in [0.3, 0.4) is 0 Å². The zero-order valence-electron chi connectivity index (χ0n) is 20.9. The van der Waals surface area contributed by atoms with Crippen molar-refractivity contribution in [3.05, 3.63) is 57.6 Å². The van der Waals surface area contributed by atoms with Crippen LogP contribution in [0.5, 0.6) is 0 Å². The molecule has 0 fully saturated rings. The number of aliphatic hydroxyl groups excluding tert-OH is 1. The molecule has 5 aromatic rings. The lowest BCUT2D eigenvalue weighted by Crippen LogP contribution is -2.28. The lowest BCUT2D eigenvalue weighted by molar-refractivity contribution is -0.142. The SMILES string of the molecule is CC(=O)OCC1Cn2c3ccc(CO)cc3c3c4c(c5c6cc(Br)ccc6n(c5c32)C1)C(=O)N(C(C)=O)C4. The standard InChI is InChI=1S/C29H24BrN3O5/c1-14(35)31-11-21-24-19-7-16(12-34)3-5-22(19)32-9-17(13-38-15(2)36)10-33-23-6-4-18(30)8-20(23)25(26(21)29(31)37)28(33)27(24)32/h3-8,17,34H,9-13H2,1-2H3. The molecule has 192 valence electrons. The molecular formula is C29H24BrN3O5. The second-order valence-corrected chi connectivity index (χ2v) is 11.2. The first-order valence-electron chi connectivity index (χ1n) is 12.6. The summed E-state index contributed by atoms with van der Waals surface area (Å²) in [7, 11) is 0. The van der Waals surface area contributed by atoms with Gasteiger partial charge in [0.15, 0.2) is 0 Å². The maximum Gasteiger partial charge on any atom is 0.302 e. The number of halogens is 1. The van der Waals surface area contributed by atoms with Gasteiger partial charge in [0.2, 0.25) is 5.91 Å². The maximum atomic E-state index is 13.8. The fraction of sp³-hybridized carbons (Fsp3) is 0.276. The number of hydrogen-bond acceptors (Lipinski definition) is 5. The topological polar surface area (TPSA) is 93.8 Å². The van der Waals surface area contributed by atoms with Gasteiger partial charge in [-0.1, -0.05) is 22.0 Å². The predicted molar refractivity (Wildman–Crippen MR) is 147 cm³/mol. The van der Waals surface area contributed by atoms with Crippen LogP contribution in [0.25, 0.3) is 43.6 Å². The molecule has 2 aromatic heterocycles. The molecule has 0 aliphatic carbocycles. The van der Waals surface area contributed by atoms with Crippen molar-refractivity contribution in [3.8, 4) is 0 Å². The number of esters is 1. The molecule has 3 aromatic carbocycles. The van der Waals surface area contributed by atoms with Crippen molar-refractivity contribution in [1.29, 1.82) is 0 Å². The van der Waals surface area contributed by atoms with E-state index in [2.05, 4.69) is 25.1 Å². The number of carbonyl (C=O) groups is 3. The Bertz CT molecular complexity index is 1900. The van der Waals surface area contributed by atoms with Crippen LogP contribution in [0.1, 0.15) is 35.3 Å². The van der Waals surface area contributed by atoms with Gasteiger partial charge >= 0.3 is 5.97 Å². The normalized spacial score (nSPS) is 16.8. The smallest absolute Gasteiger partial charge is 0.302 e. The van der Waals surface area contributed by atoms with Crippen molar-refractivity contribution in [2.24, 2.45) is 5.92 Å². The number of aliphatic hydroxyl groups is 1. The second kappa shape index (κ2) is 8.15. The molecule has 0 radical (unpaired) electrons. The fourth-order valence-electron chi connectivity index (χ4n) is 6.46. The van der Waals surface area contributed by atoms with E-state index >= 15 is 0 Å². The fourth-order valence-corrected chi connectivity index (χ4v) is 6.82. The molecule has 0 saturated carbocycles. The third-order valence-electron chi connectivity index (χ3n) is 7.97. The number of hydrogen-bond donors (Lipinski definition) is 1. The van der Waals surface area contributed by atoms with Crippen molar-refractivity contribution in [2.45, 2.75) is 40.1 Å². The van der Waals surface area contributed by atoms with Crippen LogP contribution in [0, 0.1) is 5.92 Å². The summed E-state index contributed by atoms with van der Waals surface area (Å²) < 4.78 is 10.9. The van der Waals surface area contributed by atoms with E-state index < -0.39 is 0 Å². The van der Waals surface area contributed by atoms with E-state index in [1.807, 2.05) is 36.4 Å². The molecule has 4 heterocycles. The number of amides is 2. The zero-order valence-corrected chi connectivity index (χ0v) is 22.5. The minimum absolute atomic E-state index is 0.00988. The van der Waals surface area contributed by atoms with E-state index in [4.69, 9.17) is 4.74 Å². The molecule has 9 heteroatoms. The van der Waals surface area contributed by atoms with Gasteiger partial charge in [0, 0.05) is 69.9 Å². The minimum Gasteiger partial charge on any atom is -0.465 e. The first-order valence-corrected chi connectivity index (χ1v) is 13.4. The van der Waals surface area contributed by atoms with Crippen LogP contribution in [0.15, 0.2) is 40.9 Å². The first-order chi connectivity index (χ1) is 18.3. The molecule has 2 aliphatic heterocycles. The number of carbonyl (C=O) groups excluding carboxylic acids is 3. The number of benzene rings is 3. The number of aromatic nitrogens is 2. The molecule has 1 N–H and O–H groups in total. The van der Waals surface area contributed by atoms with E-state index in [1.165, 1.54) is 18.7 Å². The maximum absolute atomic E-state index is 13.8. The summed E-state index contributed by atoms with van der Waals surface area (Å²) in [5, 5.41) is 13.6. The minimum atomic E-state index is -0.317. The number of imide groups is 1. The summed E-state index contributed by atoms with van der Waals surface area (Å²) in [5.41, 5.74) is 6.08. The van der Waals surface area contributed by atoms with Crippen molar-refractivity contribution < 1.29 is 24.2 Å². The Morgan fingerprint density at radius 1 is 1.00 bits per heavy atom. The number of ether oxygens (including phenoxy) is 1. The summed E-state index contributed by atoms with van der Waals surface area (Å²) >= 11 is 3.61. The molecular weight excluding hydrogens is 550 g/mol. The Morgan fingerprint density at radius 2 is 1.66 bits per heavy atom. The summed E-state index contributed by atoms with van der Waals surface area (Å²) in [6.07, 6.45) is 0. The average molecular weight is 574 g/mol. The third kappa shape index (κ3) is 3.09. The zero-order chi connectivity index (χ0) is 26.5. The quantitative estimate of drug-likeness (QED) is 0.311. The highest BCUT2D eigenvalue weighted by atomic mass is 79.9. The Hall–Kier alpha value is -3.69. The van der Waals surface area contributed by atoms with Crippen LogP contribution < -0.4 is 0 Å². The van der Waals surface area contributed by atoms with Gasteiger partial charge in [-0.3, -0.25) is 19.3 Å². The van der Waals surface area contributed by atoms with Crippen molar-refractivity contribution in [2.75, 3.05) is 6.61 Å². The van der Waals surface area contributed by atoms with Gasteiger partial charge in [-0.2, -0.15) is 0 Å². The van der Waals surface area contributed by atoms with Crippen LogP contribution in [0.4, 0.5) is 0 Å². The van der Waals surface area contributed by atoms with E-state index in [9.17, 15) is 19.5 Å². The summed E-state index contributed by atoms with van der Waals surface area (Å²) in [6, 6.07) is 12.0. The number of rotatable bonds is 3. The van der Waals surface area contributed by atoms with E-state index in [0.29, 0.717) is 18.7 Å². The highest BCUT2D eigenvalue weighted by molar-refractivity contribution is 9.10. The van der Waals surface area contributed by atoms with E-state index in [-0.39, 0.29) is 43.5 Å². The molecule has 38 heavy (non-hydrogen) atoms. The summed E-state index contributed by atoms with van der Waals surface area (Å²) in [6.45, 7) is 4.43. The molecule has 1 atom stereocenters. The Morgan fingerprint density at radius 3 is 2.32 bits per heavy atom. The van der Waals surface area contributed by atoms with Crippen LogP contribution in [-0.2, 0) is 40.6 Å². The van der Waals surface area contributed by atoms with Crippen LogP contribution in [-0.4, -0.2) is 43.5 Å². The number of nitrogens with zero attached hydrogens (tertiary/aromatic N) is 3. The highest BCUT2D eigenvalue weighted by Gasteiger charge is 2.39. The number of fused-ring (bicyclic) bond motifs is 9. The van der Waals surface area contributed by atoms with E-state index in [1.54, 1.807) is 0 Å². The molecule has 7 rings (SSSR count). The van der Waals surface area contributed by atoms with Gasteiger partial charge < -0.3 is 19.0 Å². The average Bonchev–Trinajstić information content (AvgIpc) is 3.45. The molecule has 8 nitrogen and oxygen atoms in total. The van der Waals surface area contributed by atoms with Crippen molar-refractivity contribution >= 4 is 77.3 Å². The highest BCUT2D eigenvalue weighted by Crippen LogP contribution is 2.48. The van der Waals surface area contributed by atoms with Gasteiger partial charge in [-0.25, -0.2) is 0 Å². The van der Waals surface area contributed by atoms with Gasteiger partial charge in [-0.15, -0.1) is 0 Å². The van der Waals surface area contributed by atoms with Gasteiger partial charge in [0.1, 0.15) is 0 Å². The largest absolute Gasteiger partial charge is 0.465 e. The molecule has 0 bridgehead atoms. The molecule has 1 unspecified atom stereocenters. The lowest BCUT2D eigenvalue weighted by Gasteiger charge is -2.18. The first kappa shape index (κ1) is 23.4. The Kier molecular flexibility index (Phi) is 5.03. The predicted octanol–water partition coefficient (Wildman–Crippen LogP) is 4.85. The van der Waals surface area contributed by atoms with Gasteiger partial charge in [0.25, 0.3) is 5.91 Å². The summed E-state index contributed by atoms with van der Waals surface area (Å²) in [5.74, 6) is -0.898. The van der Waals surface area contributed by atoms with Crippen molar-refractivity contribution in [1.82, 2.24) is 14.0 Å².